The summed E-state index contributed by atoms with van der Waals surface area (Å²) in [4.78, 5) is 35.6. The molecular formula is C20H19F2NO6. The smallest absolute Gasteiger partial charge is 0.387 e. The number of esters is 1. The molecule has 29 heavy (non-hydrogen) atoms. The summed E-state index contributed by atoms with van der Waals surface area (Å²) in [6, 6.07) is 10.1. The normalized spacial score (nSPS) is 10.4. The summed E-state index contributed by atoms with van der Waals surface area (Å²) < 4.78 is 39.4. The summed E-state index contributed by atoms with van der Waals surface area (Å²) in [5, 5.41) is 2.28. The quantitative estimate of drug-likeness (QED) is 0.508. The number of methoxy groups -OCH3 is 1. The third-order valence-electron chi connectivity index (χ3n) is 3.82. The molecule has 0 unspecified atom stereocenters. The molecule has 154 valence electrons. The van der Waals surface area contributed by atoms with E-state index in [0.717, 1.165) is 0 Å². The van der Waals surface area contributed by atoms with Gasteiger partial charge in [0.15, 0.2) is 5.78 Å². The molecule has 0 aromatic heterocycles. The topological polar surface area (TPSA) is 90.9 Å². The van der Waals surface area contributed by atoms with Gasteiger partial charge in [0, 0.05) is 11.1 Å². The van der Waals surface area contributed by atoms with Crippen molar-refractivity contribution in [3.63, 3.8) is 0 Å². The van der Waals surface area contributed by atoms with Crippen LogP contribution in [0.2, 0.25) is 0 Å². The molecule has 0 bridgehead atoms. The Hall–Kier alpha value is -3.49. The largest absolute Gasteiger partial charge is 0.496 e. The van der Waals surface area contributed by atoms with E-state index in [4.69, 9.17) is 9.47 Å². The van der Waals surface area contributed by atoms with Crippen LogP contribution in [0.5, 0.6) is 11.5 Å². The van der Waals surface area contributed by atoms with Gasteiger partial charge >= 0.3 is 12.6 Å². The third kappa shape index (κ3) is 6.27. The number of para-hydroxylation sites is 1. The molecule has 1 N–H and O–H groups in total. The average Bonchev–Trinajstić information content (AvgIpc) is 2.70. The van der Waals surface area contributed by atoms with Gasteiger partial charge < -0.3 is 19.5 Å². The van der Waals surface area contributed by atoms with E-state index < -0.39 is 25.0 Å². The zero-order valence-electron chi connectivity index (χ0n) is 15.7. The van der Waals surface area contributed by atoms with E-state index in [0.29, 0.717) is 16.9 Å². The second kappa shape index (κ2) is 10.2. The van der Waals surface area contributed by atoms with E-state index in [9.17, 15) is 23.2 Å². The Labute approximate surface area is 165 Å². The van der Waals surface area contributed by atoms with Crippen molar-refractivity contribution in [2.24, 2.45) is 0 Å². The number of ether oxygens (including phenoxy) is 3. The fourth-order valence-electron chi connectivity index (χ4n) is 2.42. The maximum Gasteiger partial charge on any atom is 0.387 e. The minimum atomic E-state index is -3.09. The maximum absolute atomic E-state index is 12.4. The van der Waals surface area contributed by atoms with Crippen molar-refractivity contribution < 1.29 is 37.4 Å². The van der Waals surface area contributed by atoms with Gasteiger partial charge in [-0.3, -0.25) is 14.4 Å². The Bertz CT molecular complexity index is 900. The van der Waals surface area contributed by atoms with Crippen molar-refractivity contribution in [3.8, 4) is 11.5 Å². The standard InChI is InChI=1S/C20H19F2NO6/c1-12(24)13-7-8-16(27-2)14(9-13)11-28-18(25)10-23-19(26)15-5-3-4-6-17(15)29-20(21)22/h3-9,20H,10-11H2,1-2H3,(H,23,26). The van der Waals surface area contributed by atoms with Crippen LogP contribution in [0.15, 0.2) is 42.5 Å². The van der Waals surface area contributed by atoms with Crippen LogP contribution < -0.4 is 14.8 Å². The van der Waals surface area contributed by atoms with Crippen molar-refractivity contribution in [2.75, 3.05) is 13.7 Å². The van der Waals surface area contributed by atoms with Crippen molar-refractivity contribution in [1.82, 2.24) is 5.32 Å². The SMILES string of the molecule is COc1ccc(C(C)=O)cc1COC(=O)CNC(=O)c1ccccc1OC(F)F. The van der Waals surface area contributed by atoms with Crippen LogP contribution in [0.3, 0.4) is 0 Å². The molecule has 0 saturated heterocycles. The molecule has 0 aliphatic rings. The van der Waals surface area contributed by atoms with Gasteiger partial charge in [-0.05, 0) is 37.3 Å². The fourth-order valence-corrected chi connectivity index (χ4v) is 2.42. The Morgan fingerprint density at radius 2 is 1.79 bits per heavy atom. The highest BCUT2D eigenvalue weighted by atomic mass is 19.3. The van der Waals surface area contributed by atoms with Crippen LogP contribution in [0, 0.1) is 0 Å². The van der Waals surface area contributed by atoms with Crippen LogP contribution in [0.25, 0.3) is 0 Å². The number of nitrogens with one attached hydrogen (secondary N) is 1. The molecule has 1 amide bonds. The number of carbonyl (C=O) groups excluding carboxylic acids is 3. The summed E-state index contributed by atoms with van der Waals surface area (Å²) in [6.45, 7) is -2.35. The first-order chi connectivity index (χ1) is 13.8. The number of benzene rings is 2. The van der Waals surface area contributed by atoms with Crippen LogP contribution in [0.1, 0.15) is 33.2 Å². The highest BCUT2D eigenvalue weighted by Crippen LogP contribution is 2.22. The number of amides is 1. The first-order valence-corrected chi connectivity index (χ1v) is 8.47. The summed E-state index contributed by atoms with van der Waals surface area (Å²) in [7, 11) is 1.44. The summed E-state index contributed by atoms with van der Waals surface area (Å²) >= 11 is 0. The Morgan fingerprint density at radius 1 is 1.07 bits per heavy atom. The summed E-state index contributed by atoms with van der Waals surface area (Å²) in [6.07, 6.45) is 0. The predicted octanol–water partition coefficient (Wildman–Crippen LogP) is 2.97. The van der Waals surface area contributed by atoms with E-state index in [1.807, 2.05) is 0 Å². The van der Waals surface area contributed by atoms with E-state index in [2.05, 4.69) is 10.1 Å². The van der Waals surface area contributed by atoms with E-state index in [1.165, 1.54) is 38.3 Å². The fraction of sp³-hybridized carbons (Fsp3) is 0.250. The number of hydrogen-bond donors (Lipinski definition) is 1. The van der Waals surface area contributed by atoms with Crippen LogP contribution in [-0.2, 0) is 16.1 Å². The van der Waals surface area contributed by atoms with Gasteiger partial charge in [-0.25, -0.2) is 0 Å². The molecule has 0 spiro atoms. The molecule has 2 aromatic carbocycles. The molecule has 0 aliphatic heterocycles. The lowest BCUT2D eigenvalue weighted by atomic mass is 10.1. The molecular weight excluding hydrogens is 388 g/mol. The van der Waals surface area contributed by atoms with Gasteiger partial charge in [-0.15, -0.1) is 0 Å². The number of ketones is 1. The van der Waals surface area contributed by atoms with Crippen LogP contribution in [0.4, 0.5) is 8.78 Å². The molecule has 7 nitrogen and oxygen atoms in total. The average molecular weight is 407 g/mol. The van der Waals surface area contributed by atoms with E-state index >= 15 is 0 Å². The molecule has 0 radical (unpaired) electrons. The van der Waals surface area contributed by atoms with Crippen LogP contribution >= 0.6 is 0 Å². The lowest BCUT2D eigenvalue weighted by molar-refractivity contribution is -0.143. The summed E-state index contributed by atoms with van der Waals surface area (Å²) in [5.41, 5.74) is 0.771. The van der Waals surface area contributed by atoms with Crippen molar-refractivity contribution in [3.05, 3.63) is 59.2 Å². The van der Waals surface area contributed by atoms with Gasteiger partial charge in [0.05, 0.1) is 12.7 Å². The van der Waals surface area contributed by atoms with Crippen molar-refractivity contribution in [2.45, 2.75) is 20.1 Å². The van der Waals surface area contributed by atoms with Gasteiger partial charge in [0.25, 0.3) is 5.91 Å². The number of hydrogen-bond acceptors (Lipinski definition) is 6. The zero-order valence-corrected chi connectivity index (χ0v) is 15.7. The first kappa shape index (κ1) is 21.8. The minimum absolute atomic E-state index is 0.142. The molecule has 0 aliphatic carbocycles. The van der Waals surface area contributed by atoms with Gasteiger partial charge in [-0.1, -0.05) is 12.1 Å². The van der Waals surface area contributed by atoms with E-state index in [1.54, 1.807) is 18.2 Å². The first-order valence-electron chi connectivity index (χ1n) is 8.47. The van der Waals surface area contributed by atoms with Crippen molar-refractivity contribution >= 4 is 17.7 Å². The Kier molecular flexibility index (Phi) is 7.64. The monoisotopic (exact) mass is 407 g/mol. The van der Waals surface area contributed by atoms with Gasteiger partial charge in [0.1, 0.15) is 24.7 Å². The minimum Gasteiger partial charge on any atom is -0.496 e. The Balaban J connectivity index is 1.95. The Morgan fingerprint density at radius 3 is 2.45 bits per heavy atom. The number of alkyl halides is 2. The number of halogens is 2. The zero-order chi connectivity index (χ0) is 21.4. The van der Waals surface area contributed by atoms with Gasteiger partial charge in [-0.2, -0.15) is 8.78 Å². The second-order valence-electron chi connectivity index (χ2n) is 5.80. The third-order valence-corrected chi connectivity index (χ3v) is 3.82. The number of rotatable bonds is 9. The molecule has 0 atom stereocenters. The number of carbonyl (C=O) groups is 3. The highest BCUT2D eigenvalue weighted by molar-refractivity contribution is 5.98. The molecule has 2 rings (SSSR count). The molecule has 0 saturated carbocycles. The molecule has 9 heteroatoms. The maximum atomic E-state index is 12.4. The highest BCUT2D eigenvalue weighted by Gasteiger charge is 2.17. The lowest BCUT2D eigenvalue weighted by Crippen LogP contribution is -2.31. The van der Waals surface area contributed by atoms with Crippen LogP contribution in [-0.4, -0.2) is 37.9 Å². The summed E-state index contributed by atoms with van der Waals surface area (Å²) in [5.74, 6) is -1.56. The molecule has 0 heterocycles. The molecule has 2 aromatic rings. The van der Waals surface area contributed by atoms with Crippen molar-refractivity contribution in [1.29, 1.82) is 0 Å². The van der Waals surface area contributed by atoms with Gasteiger partial charge in [0.2, 0.25) is 0 Å². The predicted molar refractivity (Wildman–Crippen MR) is 98.2 cm³/mol. The molecule has 0 fully saturated rings. The van der Waals surface area contributed by atoms with E-state index in [-0.39, 0.29) is 23.7 Å². The number of Topliss-reactive ketones (excluding diaryl/α,β-unsaturated/α-hetero) is 1. The lowest BCUT2D eigenvalue weighted by Gasteiger charge is -2.12. The second-order valence-corrected chi connectivity index (χ2v) is 5.80.